The minimum absolute atomic E-state index is 0.0221. The van der Waals surface area contributed by atoms with Crippen molar-refractivity contribution in [2.75, 3.05) is 0 Å². The van der Waals surface area contributed by atoms with Crippen molar-refractivity contribution in [1.82, 2.24) is 0 Å². The molecule has 0 fully saturated rings. The van der Waals surface area contributed by atoms with Crippen LogP contribution in [0.25, 0.3) is 0 Å². The number of benzene rings is 2. The number of carboxylic acid groups (broad SMARTS) is 1. The molecule has 0 bridgehead atoms. The fourth-order valence-electron chi connectivity index (χ4n) is 1.79. The molecule has 0 saturated carbocycles. The van der Waals surface area contributed by atoms with Gasteiger partial charge in [0.05, 0.1) is 4.92 Å². The fraction of sp³-hybridized carbons (Fsp3) is 0.0714. The first-order chi connectivity index (χ1) is 9.90. The minimum Gasteiger partial charge on any atom is -0.478 e. The van der Waals surface area contributed by atoms with E-state index >= 15 is 0 Å². The Labute approximate surface area is 128 Å². The van der Waals surface area contributed by atoms with Gasteiger partial charge in [0.15, 0.2) is 0 Å². The SMILES string of the molecule is Cc1cccc(C(=O)O)c1Oc1cc(Br)ccc1[N+](=O)[O-]. The largest absolute Gasteiger partial charge is 0.478 e. The number of halogens is 1. The molecule has 2 aromatic carbocycles. The van der Waals surface area contributed by atoms with Crippen molar-refractivity contribution < 1.29 is 19.6 Å². The molecular weight excluding hydrogens is 342 g/mol. The van der Waals surface area contributed by atoms with E-state index in [-0.39, 0.29) is 22.7 Å². The number of nitro benzene ring substituents is 1. The van der Waals surface area contributed by atoms with Gasteiger partial charge in [0.1, 0.15) is 11.3 Å². The molecule has 0 aliphatic rings. The van der Waals surface area contributed by atoms with Gasteiger partial charge in [-0.25, -0.2) is 4.79 Å². The van der Waals surface area contributed by atoms with Crippen LogP contribution in [0.3, 0.4) is 0 Å². The number of hydrogen-bond donors (Lipinski definition) is 1. The van der Waals surface area contributed by atoms with Crippen LogP contribution < -0.4 is 4.74 Å². The standard InChI is InChI=1S/C14H10BrNO5/c1-8-3-2-4-10(14(17)18)13(8)21-12-7-9(15)5-6-11(12)16(19)20/h2-7H,1H3,(H,17,18). The van der Waals surface area contributed by atoms with Gasteiger partial charge in [-0.3, -0.25) is 10.1 Å². The lowest BCUT2D eigenvalue weighted by Gasteiger charge is -2.12. The molecule has 2 rings (SSSR count). The van der Waals surface area contributed by atoms with Gasteiger partial charge >= 0.3 is 11.7 Å². The monoisotopic (exact) mass is 351 g/mol. The molecule has 2 aromatic rings. The molecule has 0 aliphatic heterocycles. The first-order valence-electron chi connectivity index (χ1n) is 5.85. The Kier molecular flexibility index (Phi) is 4.23. The number of para-hydroxylation sites is 1. The molecule has 0 aromatic heterocycles. The summed E-state index contributed by atoms with van der Waals surface area (Å²) in [4.78, 5) is 21.7. The van der Waals surface area contributed by atoms with Crippen LogP contribution in [-0.2, 0) is 0 Å². The van der Waals surface area contributed by atoms with Crippen molar-refractivity contribution in [3.63, 3.8) is 0 Å². The van der Waals surface area contributed by atoms with Gasteiger partial charge in [0.25, 0.3) is 0 Å². The van der Waals surface area contributed by atoms with E-state index < -0.39 is 10.9 Å². The molecule has 0 heterocycles. The first-order valence-corrected chi connectivity index (χ1v) is 6.64. The fourth-order valence-corrected chi connectivity index (χ4v) is 2.13. The summed E-state index contributed by atoms with van der Waals surface area (Å²) >= 11 is 3.21. The van der Waals surface area contributed by atoms with Crippen LogP contribution in [0.2, 0.25) is 0 Å². The van der Waals surface area contributed by atoms with Gasteiger partial charge in [0.2, 0.25) is 5.75 Å². The van der Waals surface area contributed by atoms with Gasteiger partial charge in [0, 0.05) is 16.6 Å². The molecule has 1 N–H and O–H groups in total. The Morgan fingerprint density at radius 1 is 1.33 bits per heavy atom. The Hall–Kier alpha value is -2.41. The molecule has 0 aliphatic carbocycles. The molecule has 108 valence electrons. The van der Waals surface area contributed by atoms with Crippen molar-refractivity contribution in [2.24, 2.45) is 0 Å². The summed E-state index contributed by atoms with van der Waals surface area (Å²) in [7, 11) is 0. The summed E-state index contributed by atoms with van der Waals surface area (Å²) in [6.07, 6.45) is 0. The molecule has 0 atom stereocenters. The van der Waals surface area contributed by atoms with Crippen molar-refractivity contribution in [3.05, 3.63) is 62.1 Å². The first kappa shape index (κ1) is 15.0. The van der Waals surface area contributed by atoms with E-state index in [4.69, 9.17) is 4.74 Å². The summed E-state index contributed by atoms with van der Waals surface area (Å²) in [5, 5.41) is 20.2. The van der Waals surface area contributed by atoms with Gasteiger partial charge in [-0.1, -0.05) is 28.1 Å². The van der Waals surface area contributed by atoms with E-state index in [1.807, 2.05) is 0 Å². The van der Waals surface area contributed by atoms with E-state index in [0.717, 1.165) is 0 Å². The third kappa shape index (κ3) is 3.19. The van der Waals surface area contributed by atoms with Gasteiger partial charge in [-0.05, 0) is 24.6 Å². The summed E-state index contributed by atoms with van der Waals surface area (Å²) in [5.41, 5.74) is 0.284. The van der Waals surface area contributed by atoms with Crippen LogP contribution in [0.5, 0.6) is 11.5 Å². The Bertz CT molecular complexity index is 729. The Balaban J connectivity index is 2.55. The number of aryl methyl sites for hydroxylation is 1. The van der Waals surface area contributed by atoms with E-state index in [1.165, 1.54) is 24.3 Å². The quantitative estimate of drug-likeness (QED) is 0.659. The van der Waals surface area contributed by atoms with E-state index in [1.54, 1.807) is 19.1 Å². The topological polar surface area (TPSA) is 89.7 Å². The van der Waals surface area contributed by atoms with Gasteiger partial charge in [-0.2, -0.15) is 0 Å². The third-order valence-corrected chi connectivity index (χ3v) is 3.27. The maximum absolute atomic E-state index is 11.2. The molecule has 7 heteroatoms. The molecule has 0 radical (unpaired) electrons. The number of ether oxygens (including phenoxy) is 1. The van der Waals surface area contributed by atoms with Crippen molar-refractivity contribution in [3.8, 4) is 11.5 Å². The number of hydrogen-bond acceptors (Lipinski definition) is 4. The Morgan fingerprint density at radius 3 is 2.67 bits per heavy atom. The number of rotatable bonds is 4. The van der Waals surface area contributed by atoms with Crippen LogP contribution >= 0.6 is 15.9 Å². The zero-order chi connectivity index (χ0) is 15.6. The lowest BCUT2D eigenvalue weighted by Crippen LogP contribution is -2.02. The van der Waals surface area contributed by atoms with E-state index in [9.17, 15) is 20.0 Å². The number of aromatic carboxylic acids is 1. The maximum Gasteiger partial charge on any atom is 0.339 e. The summed E-state index contributed by atoms with van der Waals surface area (Å²) in [6.45, 7) is 1.67. The summed E-state index contributed by atoms with van der Waals surface area (Å²) in [5.74, 6) is -1.09. The van der Waals surface area contributed by atoms with Crippen molar-refractivity contribution in [2.45, 2.75) is 6.92 Å². The highest BCUT2D eigenvalue weighted by atomic mass is 79.9. The van der Waals surface area contributed by atoms with Crippen LogP contribution in [0.4, 0.5) is 5.69 Å². The number of nitrogens with zero attached hydrogens (tertiary/aromatic N) is 1. The lowest BCUT2D eigenvalue weighted by atomic mass is 10.1. The maximum atomic E-state index is 11.2. The second kappa shape index (κ2) is 5.92. The van der Waals surface area contributed by atoms with Crippen LogP contribution in [-0.4, -0.2) is 16.0 Å². The molecule has 0 amide bonds. The van der Waals surface area contributed by atoms with Crippen molar-refractivity contribution >= 4 is 27.6 Å². The smallest absolute Gasteiger partial charge is 0.339 e. The number of carboxylic acids is 1. The highest BCUT2D eigenvalue weighted by Crippen LogP contribution is 2.36. The van der Waals surface area contributed by atoms with Gasteiger partial charge < -0.3 is 9.84 Å². The van der Waals surface area contributed by atoms with Crippen LogP contribution in [0, 0.1) is 17.0 Å². The second-order valence-electron chi connectivity index (χ2n) is 4.23. The Morgan fingerprint density at radius 2 is 2.05 bits per heavy atom. The zero-order valence-corrected chi connectivity index (χ0v) is 12.5. The average molecular weight is 352 g/mol. The highest BCUT2D eigenvalue weighted by Gasteiger charge is 2.20. The summed E-state index contributed by atoms with van der Waals surface area (Å²) < 4.78 is 6.11. The van der Waals surface area contributed by atoms with Crippen molar-refractivity contribution in [1.29, 1.82) is 0 Å². The van der Waals surface area contributed by atoms with E-state index in [0.29, 0.717) is 10.0 Å². The molecule has 0 saturated heterocycles. The molecule has 0 unspecified atom stereocenters. The number of carbonyl (C=O) groups is 1. The number of nitro groups is 1. The normalized spacial score (nSPS) is 10.2. The van der Waals surface area contributed by atoms with Gasteiger partial charge in [-0.15, -0.1) is 0 Å². The van der Waals surface area contributed by atoms with Crippen LogP contribution in [0.1, 0.15) is 15.9 Å². The molecule has 21 heavy (non-hydrogen) atoms. The molecule has 0 spiro atoms. The van der Waals surface area contributed by atoms with Crippen LogP contribution in [0.15, 0.2) is 40.9 Å². The molecular formula is C14H10BrNO5. The third-order valence-electron chi connectivity index (χ3n) is 2.77. The predicted octanol–water partition coefficient (Wildman–Crippen LogP) is 4.16. The summed E-state index contributed by atoms with van der Waals surface area (Å²) in [6, 6.07) is 8.87. The molecule has 6 nitrogen and oxygen atoms in total. The second-order valence-corrected chi connectivity index (χ2v) is 5.14. The zero-order valence-electron chi connectivity index (χ0n) is 10.9. The minimum atomic E-state index is -1.16. The lowest BCUT2D eigenvalue weighted by molar-refractivity contribution is -0.385. The highest BCUT2D eigenvalue weighted by molar-refractivity contribution is 9.10. The average Bonchev–Trinajstić information content (AvgIpc) is 2.40. The van der Waals surface area contributed by atoms with E-state index in [2.05, 4.69) is 15.9 Å². The predicted molar refractivity (Wildman–Crippen MR) is 79.0 cm³/mol.